The molecule has 0 atom stereocenters. The number of aryl methyl sites for hydroxylation is 3. The maximum absolute atomic E-state index is 12.0. The van der Waals surface area contributed by atoms with E-state index in [-0.39, 0.29) is 5.43 Å². The van der Waals surface area contributed by atoms with Gasteiger partial charge < -0.3 is 4.98 Å². The molecule has 0 aliphatic heterocycles. The zero-order chi connectivity index (χ0) is 12.0. The number of hydrogen-bond acceptors (Lipinski definition) is 1. The van der Waals surface area contributed by atoms with Crippen molar-refractivity contribution in [1.82, 2.24) is 4.98 Å². The van der Waals surface area contributed by atoms with Crippen molar-refractivity contribution in [3.63, 3.8) is 0 Å². The van der Waals surface area contributed by atoms with Crippen molar-refractivity contribution in [2.75, 3.05) is 0 Å². The molecule has 2 aromatic rings. The monoisotopic (exact) mass is 215 g/mol. The molecule has 0 bridgehead atoms. The molecule has 0 saturated heterocycles. The molecule has 1 N–H and O–H groups in total. The van der Waals surface area contributed by atoms with Crippen molar-refractivity contribution in [3.8, 4) is 0 Å². The van der Waals surface area contributed by atoms with E-state index in [0.29, 0.717) is 0 Å². The molecular weight excluding hydrogens is 198 g/mol. The lowest BCUT2D eigenvalue weighted by atomic mass is 9.94. The third-order valence-corrected chi connectivity index (χ3v) is 3.60. The second-order valence-corrected chi connectivity index (χ2v) is 4.57. The molecule has 2 rings (SSSR count). The summed E-state index contributed by atoms with van der Waals surface area (Å²) >= 11 is 0. The maximum Gasteiger partial charge on any atom is 0.189 e. The van der Waals surface area contributed by atoms with Gasteiger partial charge in [-0.2, -0.15) is 0 Å². The summed E-state index contributed by atoms with van der Waals surface area (Å²) in [5, 5.41) is 0.839. The fourth-order valence-corrected chi connectivity index (χ4v) is 2.28. The Hall–Kier alpha value is -1.57. The van der Waals surface area contributed by atoms with Gasteiger partial charge in [0.1, 0.15) is 0 Å². The van der Waals surface area contributed by atoms with E-state index in [2.05, 4.69) is 25.8 Å². The average Bonchev–Trinajstić information content (AvgIpc) is 2.22. The fraction of sp³-hybridized carbons (Fsp3) is 0.357. The largest absolute Gasteiger partial charge is 0.358 e. The first-order valence-corrected chi connectivity index (χ1v) is 5.53. The molecule has 2 heteroatoms. The molecule has 0 fully saturated rings. The van der Waals surface area contributed by atoms with Crippen LogP contribution in [0.25, 0.3) is 10.9 Å². The fourth-order valence-electron chi connectivity index (χ4n) is 2.28. The molecule has 0 saturated carbocycles. The van der Waals surface area contributed by atoms with Gasteiger partial charge in [-0.1, -0.05) is 0 Å². The molecule has 1 aromatic heterocycles. The van der Waals surface area contributed by atoms with Gasteiger partial charge in [-0.05, 0) is 56.9 Å². The van der Waals surface area contributed by atoms with Gasteiger partial charge in [0.25, 0.3) is 0 Å². The Balaban J connectivity index is 3.15. The lowest BCUT2D eigenvalue weighted by molar-refractivity contribution is 1.18. The van der Waals surface area contributed by atoms with Crippen LogP contribution in [0.4, 0.5) is 0 Å². The lowest BCUT2D eigenvalue weighted by Crippen LogP contribution is -2.08. The first-order valence-electron chi connectivity index (χ1n) is 5.53. The van der Waals surface area contributed by atoms with Crippen LogP contribution >= 0.6 is 0 Å². The van der Waals surface area contributed by atoms with Crippen LogP contribution in [0.1, 0.15) is 27.9 Å². The van der Waals surface area contributed by atoms with Crippen molar-refractivity contribution in [3.05, 3.63) is 44.2 Å². The third-order valence-electron chi connectivity index (χ3n) is 3.60. The van der Waals surface area contributed by atoms with Crippen LogP contribution in [0, 0.1) is 34.6 Å². The standard InChI is InChI=1S/C14H17NO/c1-7-6-12(16)13-10(4)8(2)9(3)11(5)14(13)15-7/h6H,1-5H3,(H,15,16). The molecule has 84 valence electrons. The molecule has 1 heterocycles. The van der Waals surface area contributed by atoms with E-state index in [1.165, 1.54) is 16.7 Å². The van der Waals surface area contributed by atoms with E-state index >= 15 is 0 Å². The number of benzene rings is 1. The van der Waals surface area contributed by atoms with Crippen LogP contribution in [0.2, 0.25) is 0 Å². The van der Waals surface area contributed by atoms with Crippen molar-refractivity contribution in [2.45, 2.75) is 34.6 Å². The molecule has 0 aliphatic rings. The summed E-state index contributed by atoms with van der Waals surface area (Å²) in [7, 11) is 0. The summed E-state index contributed by atoms with van der Waals surface area (Å²) in [5.74, 6) is 0. The second-order valence-electron chi connectivity index (χ2n) is 4.57. The Morgan fingerprint density at radius 2 is 1.44 bits per heavy atom. The molecule has 16 heavy (non-hydrogen) atoms. The van der Waals surface area contributed by atoms with Gasteiger partial charge in [-0.3, -0.25) is 4.79 Å². The molecule has 0 spiro atoms. The number of pyridine rings is 1. The van der Waals surface area contributed by atoms with Crippen molar-refractivity contribution >= 4 is 10.9 Å². The predicted octanol–water partition coefficient (Wildman–Crippen LogP) is 3.07. The number of aromatic nitrogens is 1. The second kappa shape index (κ2) is 3.48. The van der Waals surface area contributed by atoms with Gasteiger partial charge in [0.2, 0.25) is 0 Å². The number of nitrogens with one attached hydrogen (secondary N) is 1. The first-order chi connectivity index (χ1) is 7.43. The Morgan fingerprint density at radius 1 is 0.875 bits per heavy atom. The van der Waals surface area contributed by atoms with Gasteiger partial charge in [-0.15, -0.1) is 0 Å². The van der Waals surface area contributed by atoms with E-state index < -0.39 is 0 Å². The smallest absolute Gasteiger partial charge is 0.189 e. The highest BCUT2D eigenvalue weighted by atomic mass is 16.1. The number of fused-ring (bicyclic) bond motifs is 1. The van der Waals surface area contributed by atoms with Crippen LogP contribution in [0.5, 0.6) is 0 Å². The molecule has 0 unspecified atom stereocenters. The Bertz CT molecular complexity index is 635. The van der Waals surface area contributed by atoms with Gasteiger partial charge >= 0.3 is 0 Å². The summed E-state index contributed by atoms with van der Waals surface area (Å²) in [6.07, 6.45) is 0. The van der Waals surface area contributed by atoms with Gasteiger partial charge in [0.15, 0.2) is 5.43 Å². The Morgan fingerprint density at radius 3 is 2.06 bits per heavy atom. The molecule has 2 nitrogen and oxygen atoms in total. The number of aromatic amines is 1. The number of rotatable bonds is 0. The minimum atomic E-state index is 0.120. The zero-order valence-corrected chi connectivity index (χ0v) is 10.5. The van der Waals surface area contributed by atoms with E-state index in [0.717, 1.165) is 22.2 Å². The Kier molecular flexibility index (Phi) is 2.38. The minimum Gasteiger partial charge on any atom is -0.358 e. The SMILES string of the molecule is Cc1cc(=O)c2c(C)c(C)c(C)c(C)c2[nH]1. The van der Waals surface area contributed by atoms with E-state index in [1.807, 2.05) is 13.8 Å². The Labute approximate surface area is 95.3 Å². The van der Waals surface area contributed by atoms with Crippen LogP contribution in [-0.4, -0.2) is 4.98 Å². The molecule has 0 radical (unpaired) electrons. The molecular formula is C14H17NO. The van der Waals surface area contributed by atoms with E-state index in [9.17, 15) is 4.79 Å². The average molecular weight is 215 g/mol. The van der Waals surface area contributed by atoms with Crippen molar-refractivity contribution in [1.29, 1.82) is 0 Å². The topological polar surface area (TPSA) is 32.9 Å². The number of hydrogen-bond donors (Lipinski definition) is 1. The quantitative estimate of drug-likeness (QED) is 0.719. The highest BCUT2D eigenvalue weighted by molar-refractivity contribution is 5.87. The summed E-state index contributed by atoms with van der Waals surface area (Å²) in [6, 6.07) is 1.67. The zero-order valence-electron chi connectivity index (χ0n) is 10.5. The van der Waals surface area contributed by atoms with Crippen molar-refractivity contribution < 1.29 is 0 Å². The number of H-pyrrole nitrogens is 1. The van der Waals surface area contributed by atoms with Crippen LogP contribution in [-0.2, 0) is 0 Å². The summed E-state index contributed by atoms with van der Waals surface area (Å²) in [5.41, 5.74) is 6.80. The van der Waals surface area contributed by atoms with Crippen LogP contribution < -0.4 is 5.43 Å². The first kappa shape index (κ1) is 10.9. The van der Waals surface area contributed by atoms with E-state index in [1.54, 1.807) is 6.07 Å². The van der Waals surface area contributed by atoms with Gasteiger partial charge in [-0.25, -0.2) is 0 Å². The van der Waals surface area contributed by atoms with Crippen LogP contribution in [0.15, 0.2) is 10.9 Å². The molecule has 0 amide bonds. The minimum absolute atomic E-state index is 0.120. The summed E-state index contributed by atoms with van der Waals surface area (Å²) < 4.78 is 0. The molecule has 1 aromatic carbocycles. The van der Waals surface area contributed by atoms with E-state index in [4.69, 9.17) is 0 Å². The van der Waals surface area contributed by atoms with Gasteiger partial charge in [0.05, 0.1) is 5.52 Å². The highest BCUT2D eigenvalue weighted by Crippen LogP contribution is 2.25. The lowest BCUT2D eigenvalue weighted by Gasteiger charge is -2.13. The summed E-state index contributed by atoms with van der Waals surface area (Å²) in [4.78, 5) is 15.3. The summed E-state index contributed by atoms with van der Waals surface area (Å²) in [6.45, 7) is 10.2. The van der Waals surface area contributed by atoms with Gasteiger partial charge in [0, 0.05) is 17.1 Å². The normalized spacial score (nSPS) is 11.1. The predicted molar refractivity (Wildman–Crippen MR) is 68.3 cm³/mol. The van der Waals surface area contributed by atoms with Crippen LogP contribution in [0.3, 0.4) is 0 Å². The van der Waals surface area contributed by atoms with Crippen molar-refractivity contribution in [2.24, 2.45) is 0 Å². The third kappa shape index (κ3) is 1.37. The molecule has 0 aliphatic carbocycles. The highest BCUT2D eigenvalue weighted by Gasteiger charge is 2.11. The maximum atomic E-state index is 12.0.